The third-order valence-corrected chi connectivity index (χ3v) is 9.46. The van der Waals surface area contributed by atoms with Crippen molar-refractivity contribution in [2.24, 2.45) is 23.7 Å². The van der Waals surface area contributed by atoms with Crippen molar-refractivity contribution in [3.8, 4) is 5.69 Å². The van der Waals surface area contributed by atoms with Crippen molar-refractivity contribution in [1.29, 1.82) is 0 Å². The van der Waals surface area contributed by atoms with E-state index >= 15 is 0 Å². The van der Waals surface area contributed by atoms with E-state index in [0.717, 1.165) is 17.5 Å². The molecule has 1 saturated heterocycles. The van der Waals surface area contributed by atoms with Gasteiger partial charge < -0.3 is 5.21 Å². The van der Waals surface area contributed by atoms with Gasteiger partial charge in [0.25, 0.3) is 0 Å². The second-order valence-corrected chi connectivity index (χ2v) is 10.9. The number of benzene rings is 3. The summed E-state index contributed by atoms with van der Waals surface area (Å²) in [4.78, 5) is 27.4. The maximum atomic E-state index is 13.8. The van der Waals surface area contributed by atoms with Crippen LogP contribution in [0.5, 0.6) is 0 Å². The van der Waals surface area contributed by atoms with E-state index in [1.54, 1.807) is 21.5 Å². The molecule has 8 nitrogen and oxygen atoms in total. The van der Waals surface area contributed by atoms with Gasteiger partial charge in [0.1, 0.15) is 6.04 Å². The van der Waals surface area contributed by atoms with E-state index in [9.17, 15) is 14.8 Å². The number of fused-ring (bicyclic) bond motifs is 4. The third kappa shape index (κ3) is 2.72. The van der Waals surface area contributed by atoms with Crippen molar-refractivity contribution in [1.82, 2.24) is 19.4 Å². The Labute approximate surface area is 212 Å². The molecule has 0 amide bonds. The topological polar surface area (TPSA) is 88.5 Å². The van der Waals surface area contributed by atoms with E-state index in [1.807, 2.05) is 66.7 Å². The number of nitrogens with zero attached hydrogens (tertiary/aromatic N) is 3. The van der Waals surface area contributed by atoms with Crippen LogP contribution in [0.3, 0.4) is 0 Å². The van der Waals surface area contributed by atoms with Crippen LogP contribution >= 0.6 is 0 Å². The monoisotopic (exact) mass is 493 g/mol. The molecule has 0 spiro atoms. The molecule has 2 saturated carbocycles. The lowest BCUT2D eigenvalue weighted by Gasteiger charge is -2.51. The SMILES string of the molecule is O=c1n(-c2ccccc2)c(=O)n2n1C1CC3C4C(C(c5ccccc5)N[NH+]([O-])C4c4ccccc4)C1C32. The molecule has 2 aliphatic heterocycles. The van der Waals surface area contributed by atoms with Gasteiger partial charge in [-0.3, -0.25) is 5.17 Å². The molecular weight excluding hydrogens is 466 g/mol. The highest BCUT2D eigenvalue weighted by molar-refractivity contribution is 5.33. The quantitative estimate of drug-likeness (QED) is 0.428. The molecular formula is C29H27N5O3. The summed E-state index contributed by atoms with van der Waals surface area (Å²) in [6.07, 6.45) is 0.826. The van der Waals surface area contributed by atoms with Gasteiger partial charge in [-0.05, 0) is 36.0 Å². The van der Waals surface area contributed by atoms with Gasteiger partial charge in [-0.2, -0.15) is 5.43 Å². The van der Waals surface area contributed by atoms with Crippen molar-refractivity contribution in [2.75, 3.05) is 0 Å². The van der Waals surface area contributed by atoms with Gasteiger partial charge in [-0.25, -0.2) is 23.5 Å². The second-order valence-electron chi connectivity index (χ2n) is 10.9. The van der Waals surface area contributed by atoms with Crippen LogP contribution in [0.1, 0.15) is 41.7 Å². The minimum Gasteiger partial charge on any atom is -0.613 e. The number of hydrogen-bond donors (Lipinski definition) is 2. The summed E-state index contributed by atoms with van der Waals surface area (Å²) in [5.74, 6) is 0.517. The zero-order valence-corrected chi connectivity index (χ0v) is 20.1. The van der Waals surface area contributed by atoms with Crippen LogP contribution in [0, 0.1) is 28.9 Å². The molecule has 3 aromatic carbocycles. The summed E-state index contributed by atoms with van der Waals surface area (Å²) >= 11 is 0. The van der Waals surface area contributed by atoms with Crippen LogP contribution in [0.2, 0.25) is 0 Å². The first-order valence-electron chi connectivity index (χ1n) is 13.1. The van der Waals surface area contributed by atoms with E-state index in [0.29, 0.717) is 5.69 Å². The van der Waals surface area contributed by atoms with Gasteiger partial charge in [-0.1, -0.05) is 78.9 Å². The number of aromatic nitrogens is 3. The lowest BCUT2D eigenvalue weighted by Crippen LogP contribution is -3.17. The number of hydrogen-bond acceptors (Lipinski definition) is 4. The average molecular weight is 494 g/mol. The normalized spacial score (nSPS) is 34.9. The van der Waals surface area contributed by atoms with Crippen molar-refractivity contribution < 1.29 is 5.17 Å². The average Bonchev–Trinajstić information content (AvgIpc) is 3.64. The lowest BCUT2D eigenvalue weighted by atomic mass is 9.66. The number of hydroxylamine groups is 1. The first kappa shape index (κ1) is 21.4. The molecule has 9 atom stereocenters. The first-order valence-corrected chi connectivity index (χ1v) is 13.1. The van der Waals surface area contributed by atoms with Crippen LogP contribution in [0.4, 0.5) is 0 Å². The molecule has 37 heavy (non-hydrogen) atoms. The van der Waals surface area contributed by atoms with Crippen LogP contribution in [0.15, 0.2) is 101 Å². The van der Waals surface area contributed by atoms with Crippen molar-refractivity contribution in [3.63, 3.8) is 0 Å². The highest BCUT2D eigenvalue weighted by atomic mass is 16.5. The Morgan fingerprint density at radius 1 is 0.730 bits per heavy atom. The van der Waals surface area contributed by atoms with Crippen LogP contribution < -0.4 is 22.0 Å². The fourth-order valence-electron chi connectivity index (χ4n) is 8.38. The summed E-state index contributed by atoms with van der Waals surface area (Å²) < 4.78 is 4.78. The van der Waals surface area contributed by atoms with Crippen molar-refractivity contribution in [3.05, 3.63) is 128 Å². The molecule has 4 bridgehead atoms. The fourth-order valence-corrected chi connectivity index (χ4v) is 8.38. The number of nitrogens with one attached hydrogen (secondary N) is 2. The van der Waals surface area contributed by atoms with Gasteiger partial charge >= 0.3 is 11.4 Å². The summed E-state index contributed by atoms with van der Waals surface area (Å²) in [6, 6.07) is 28.8. The maximum Gasteiger partial charge on any atom is 0.352 e. The number of para-hydroxylation sites is 1. The van der Waals surface area contributed by atoms with Crippen molar-refractivity contribution >= 4 is 0 Å². The molecule has 8 heteroatoms. The highest BCUT2D eigenvalue weighted by Crippen LogP contribution is 2.69. The minimum atomic E-state index is -0.274. The van der Waals surface area contributed by atoms with Gasteiger partial charge in [0, 0.05) is 17.4 Å². The first-order chi connectivity index (χ1) is 18.1. The number of rotatable bonds is 3. The van der Waals surface area contributed by atoms with Crippen LogP contribution in [-0.4, -0.2) is 13.9 Å². The molecule has 2 aliphatic carbocycles. The zero-order valence-electron chi connectivity index (χ0n) is 20.1. The van der Waals surface area contributed by atoms with Crippen molar-refractivity contribution in [2.45, 2.75) is 30.6 Å². The second kappa shape index (κ2) is 7.64. The Morgan fingerprint density at radius 3 is 2.00 bits per heavy atom. The molecule has 1 aromatic heterocycles. The Morgan fingerprint density at radius 2 is 1.32 bits per heavy atom. The number of quaternary nitrogens is 1. The van der Waals surface area contributed by atoms with E-state index in [2.05, 4.69) is 17.6 Å². The molecule has 3 fully saturated rings. The lowest BCUT2D eigenvalue weighted by molar-refractivity contribution is -0.945. The molecule has 4 aromatic rings. The summed E-state index contributed by atoms with van der Waals surface area (Å²) in [5, 5.41) is 13.8. The summed E-state index contributed by atoms with van der Waals surface area (Å²) in [7, 11) is 0. The van der Waals surface area contributed by atoms with E-state index < -0.39 is 0 Å². The standard InChI is InChI=1S/C29H27N5O3/c35-28-31(19-14-8-3-9-15-19)29(36)33-27-20-16-21(32(28)33)23(27)24-22(20)26(18-12-6-2-7-13-18)34(37)30-25(24)17-10-4-1-5-11-17/h1-15,20-27,30,34H,16H2. The summed E-state index contributed by atoms with van der Waals surface area (Å²) in [5.41, 5.74) is 5.54. The maximum absolute atomic E-state index is 13.8. The van der Waals surface area contributed by atoms with E-state index in [-0.39, 0.29) is 64.4 Å². The molecule has 3 heterocycles. The summed E-state index contributed by atoms with van der Waals surface area (Å²) in [6.45, 7) is 0. The Kier molecular flexibility index (Phi) is 4.42. The zero-order chi connectivity index (χ0) is 24.8. The molecule has 9 unspecified atom stereocenters. The third-order valence-electron chi connectivity index (χ3n) is 9.46. The minimum absolute atomic E-state index is 0.0425. The predicted octanol–water partition coefficient (Wildman–Crippen LogP) is 2.16. The van der Waals surface area contributed by atoms with Crippen LogP contribution in [-0.2, 0) is 0 Å². The molecule has 8 rings (SSSR count). The Hall–Kier alpha value is -3.72. The van der Waals surface area contributed by atoms with Crippen LogP contribution in [0.25, 0.3) is 5.69 Å². The van der Waals surface area contributed by atoms with E-state index in [1.165, 1.54) is 4.57 Å². The molecule has 2 N–H and O–H groups in total. The Bertz CT molecular complexity index is 1600. The predicted molar refractivity (Wildman–Crippen MR) is 137 cm³/mol. The highest BCUT2D eigenvalue weighted by Gasteiger charge is 2.71. The smallest absolute Gasteiger partial charge is 0.352 e. The van der Waals surface area contributed by atoms with Gasteiger partial charge in [0.2, 0.25) is 0 Å². The van der Waals surface area contributed by atoms with Gasteiger partial charge in [0.15, 0.2) is 0 Å². The van der Waals surface area contributed by atoms with Gasteiger partial charge in [-0.15, -0.1) is 0 Å². The largest absolute Gasteiger partial charge is 0.613 e. The van der Waals surface area contributed by atoms with E-state index in [4.69, 9.17) is 0 Å². The molecule has 0 radical (unpaired) electrons. The molecule has 4 aliphatic rings. The molecule has 186 valence electrons. The Balaban J connectivity index is 1.30. The fraction of sp³-hybridized carbons (Fsp3) is 0.310. The van der Waals surface area contributed by atoms with Gasteiger partial charge in [0.05, 0.1) is 23.8 Å².